The van der Waals surface area contributed by atoms with E-state index in [1.807, 2.05) is 32.0 Å². The zero-order valence-corrected chi connectivity index (χ0v) is 18.1. The summed E-state index contributed by atoms with van der Waals surface area (Å²) in [5, 5.41) is 9.68. The first-order valence-corrected chi connectivity index (χ1v) is 11.1. The first kappa shape index (κ1) is 23.2. The highest BCUT2D eigenvalue weighted by Crippen LogP contribution is 2.40. The third kappa shape index (κ3) is 8.86. The third-order valence-electron chi connectivity index (χ3n) is 5.58. The van der Waals surface area contributed by atoms with Gasteiger partial charge < -0.3 is 20.7 Å². The summed E-state index contributed by atoms with van der Waals surface area (Å²) in [6, 6.07) is 10.2. The number of hydrogen-bond acceptors (Lipinski definition) is 3. The third-order valence-corrected chi connectivity index (χ3v) is 5.58. The van der Waals surface area contributed by atoms with Crippen molar-refractivity contribution in [2.45, 2.75) is 52.4 Å². The monoisotopic (exact) mass is 402 g/mol. The molecule has 0 bridgehead atoms. The van der Waals surface area contributed by atoms with E-state index in [0.717, 1.165) is 39.1 Å². The second-order valence-electron chi connectivity index (χ2n) is 7.79. The van der Waals surface area contributed by atoms with E-state index >= 15 is 0 Å². The molecule has 1 saturated carbocycles. The van der Waals surface area contributed by atoms with Crippen LogP contribution in [0.15, 0.2) is 35.3 Å². The van der Waals surface area contributed by atoms with Crippen LogP contribution in [0.3, 0.4) is 0 Å². The Morgan fingerprint density at radius 2 is 1.86 bits per heavy atom. The summed E-state index contributed by atoms with van der Waals surface area (Å²) >= 11 is 0. The maximum Gasteiger partial charge on any atom is 0.241 e. The van der Waals surface area contributed by atoms with Gasteiger partial charge in [-0.2, -0.15) is 0 Å². The summed E-state index contributed by atoms with van der Waals surface area (Å²) in [4.78, 5) is 16.6. The standard InChI is InChI=1S/C23H38N4O2/c1-3-24-22(27-19-23(13-8-9-14-23)15-17-29-4-2)26-18-21(28)25-16-12-20-10-6-5-7-11-20/h5-7,10-11H,3-4,8-9,12-19H2,1-2H3,(H,25,28)(H2,24,26,27). The van der Waals surface area contributed by atoms with Gasteiger partial charge in [0, 0.05) is 32.8 Å². The summed E-state index contributed by atoms with van der Waals surface area (Å²) in [5.74, 6) is 0.665. The molecule has 0 radical (unpaired) electrons. The Morgan fingerprint density at radius 1 is 1.10 bits per heavy atom. The molecule has 0 saturated heterocycles. The quantitative estimate of drug-likeness (QED) is 0.285. The fraction of sp³-hybridized carbons (Fsp3) is 0.652. The van der Waals surface area contributed by atoms with Gasteiger partial charge in [-0.05, 0) is 50.5 Å². The Balaban J connectivity index is 1.77. The molecule has 0 heterocycles. The topological polar surface area (TPSA) is 74.8 Å². The Morgan fingerprint density at radius 3 is 2.55 bits per heavy atom. The lowest BCUT2D eigenvalue weighted by Crippen LogP contribution is -2.44. The van der Waals surface area contributed by atoms with Gasteiger partial charge in [0.2, 0.25) is 5.91 Å². The molecule has 2 rings (SSSR count). The molecule has 1 fully saturated rings. The van der Waals surface area contributed by atoms with E-state index in [1.165, 1.54) is 31.2 Å². The van der Waals surface area contributed by atoms with Gasteiger partial charge in [0.15, 0.2) is 5.96 Å². The summed E-state index contributed by atoms with van der Waals surface area (Å²) in [7, 11) is 0. The molecule has 1 aromatic carbocycles. The van der Waals surface area contributed by atoms with E-state index in [2.05, 4.69) is 33.1 Å². The summed E-state index contributed by atoms with van der Waals surface area (Å²) in [6.45, 7) is 8.08. The number of carbonyl (C=O) groups is 1. The number of hydrogen-bond donors (Lipinski definition) is 3. The molecule has 29 heavy (non-hydrogen) atoms. The number of carbonyl (C=O) groups excluding carboxylic acids is 1. The number of guanidine groups is 1. The summed E-state index contributed by atoms with van der Waals surface area (Å²) in [5.41, 5.74) is 1.50. The van der Waals surface area contributed by atoms with Crippen molar-refractivity contribution < 1.29 is 9.53 Å². The van der Waals surface area contributed by atoms with Gasteiger partial charge in [0.1, 0.15) is 6.54 Å². The second kappa shape index (κ2) is 13.2. The largest absolute Gasteiger partial charge is 0.382 e. The van der Waals surface area contributed by atoms with E-state index in [0.29, 0.717) is 12.5 Å². The lowest BCUT2D eigenvalue weighted by Gasteiger charge is -2.30. The van der Waals surface area contributed by atoms with Crippen molar-refractivity contribution in [2.75, 3.05) is 39.4 Å². The number of amides is 1. The van der Waals surface area contributed by atoms with Crippen LogP contribution in [-0.4, -0.2) is 51.3 Å². The van der Waals surface area contributed by atoms with Gasteiger partial charge in [-0.25, -0.2) is 4.99 Å². The van der Waals surface area contributed by atoms with Gasteiger partial charge in [-0.15, -0.1) is 0 Å². The molecule has 0 atom stereocenters. The van der Waals surface area contributed by atoms with Crippen molar-refractivity contribution >= 4 is 11.9 Å². The molecule has 3 N–H and O–H groups in total. The van der Waals surface area contributed by atoms with Crippen LogP contribution in [0, 0.1) is 5.41 Å². The first-order valence-electron chi connectivity index (χ1n) is 11.1. The minimum atomic E-state index is -0.0509. The molecule has 1 aromatic rings. The van der Waals surface area contributed by atoms with Crippen LogP contribution in [0.2, 0.25) is 0 Å². The number of aliphatic imine (C=N–C) groups is 1. The average molecular weight is 403 g/mol. The normalized spacial score (nSPS) is 15.9. The fourth-order valence-electron chi connectivity index (χ4n) is 3.88. The Hall–Kier alpha value is -2.08. The smallest absolute Gasteiger partial charge is 0.241 e. The summed E-state index contributed by atoms with van der Waals surface area (Å²) < 4.78 is 5.60. The maximum atomic E-state index is 12.1. The highest BCUT2D eigenvalue weighted by atomic mass is 16.5. The van der Waals surface area contributed by atoms with Crippen LogP contribution in [-0.2, 0) is 16.0 Å². The second-order valence-corrected chi connectivity index (χ2v) is 7.79. The van der Waals surface area contributed by atoms with Crippen LogP contribution in [0.5, 0.6) is 0 Å². The number of rotatable bonds is 12. The van der Waals surface area contributed by atoms with E-state index in [-0.39, 0.29) is 17.9 Å². The van der Waals surface area contributed by atoms with Crippen LogP contribution in [0.4, 0.5) is 0 Å². The number of nitrogens with one attached hydrogen (secondary N) is 3. The summed E-state index contributed by atoms with van der Waals surface area (Å²) in [6.07, 6.45) is 6.93. The maximum absolute atomic E-state index is 12.1. The SMILES string of the molecule is CCNC(=NCC(=O)NCCc1ccccc1)NCC1(CCOCC)CCCC1. The van der Waals surface area contributed by atoms with Crippen molar-refractivity contribution in [1.82, 2.24) is 16.0 Å². The molecule has 1 aliphatic carbocycles. The highest BCUT2D eigenvalue weighted by Gasteiger charge is 2.33. The van der Waals surface area contributed by atoms with Gasteiger partial charge in [0.05, 0.1) is 0 Å². The molecule has 1 amide bonds. The molecule has 0 spiro atoms. The average Bonchev–Trinajstić information content (AvgIpc) is 3.20. The van der Waals surface area contributed by atoms with Gasteiger partial charge in [0.25, 0.3) is 0 Å². The predicted octanol–water partition coefficient (Wildman–Crippen LogP) is 2.89. The van der Waals surface area contributed by atoms with E-state index in [1.54, 1.807) is 0 Å². The van der Waals surface area contributed by atoms with Gasteiger partial charge >= 0.3 is 0 Å². The van der Waals surface area contributed by atoms with Crippen LogP contribution >= 0.6 is 0 Å². The lowest BCUT2D eigenvalue weighted by atomic mass is 9.83. The zero-order valence-electron chi connectivity index (χ0n) is 18.1. The Kier molecular flexibility index (Phi) is 10.6. The van der Waals surface area contributed by atoms with Crippen LogP contribution in [0.25, 0.3) is 0 Å². The number of nitrogens with zero attached hydrogens (tertiary/aromatic N) is 1. The predicted molar refractivity (Wildman–Crippen MR) is 119 cm³/mol. The minimum Gasteiger partial charge on any atom is -0.382 e. The lowest BCUT2D eigenvalue weighted by molar-refractivity contribution is -0.119. The molecule has 162 valence electrons. The van der Waals surface area contributed by atoms with E-state index in [4.69, 9.17) is 4.74 Å². The first-order chi connectivity index (χ1) is 14.2. The Bertz CT molecular complexity index is 613. The molecule has 6 heteroatoms. The van der Waals surface area contributed by atoms with Gasteiger partial charge in [-0.3, -0.25) is 4.79 Å². The van der Waals surface area contributed by atoms with Crippen molar-refractivity contribution in [2.24, 2.45) is 10.4 Å². The molecule has 0 aliphatic heterocycles. The van der Waals surface area contributed by atoms with Gasteiger partial charge in [-0.1, -0.05) is 43.2 Å². The Labute approximate surface area is 175 Å². The molecular weight excluding hydrogens is 364 g/mol. The van der Waals surface area contributed by atoms with Crippen molar-refractivity contribution in [3.8, 4) is 0 Å². The minimum absolute atomic E-state index is 0.0509. The van der Waals surface area contributed by atoms with E-state index < -0.39 is 0 Å². The number of ether oxygens (including phenoxy) is 1. The van der Waals surface area contributed by atoms with E-state index in [9.17, 15) is 4.79 Å². The molecule has 0 aromatic heterocycles. The molecule has 0 unspecified atom stereocenters. The molecule has 6 nitrogen and oxygen atoms in total. The molecule has 1 aliphatic rings. The van der Waals surface area contributed by atoms with Crippen molar-refractivity contribution in [3.05, 3.63) is 35.9 Å². The van der Waals surface area contributed by atoms with Crippen LogP contribution in [0.1, 0.15) is 51.5 Å². The van der Waals surface area contributed by atoms with Crippen LogP contribution < -0.4 is 16.0 Å². The molecular formula is C23H38N4O2. The number of benzene rings is 1. The highest BCUT2D eigenvalue weighted by molar-refractivity contribution is 5.84. The van der Waals surface area contributed by atoms with Crippen molar-refractivity contribution in [3.63, 3.8) is 0 Å². The zero-order chi connectivity index (χ0) is 20.8. The fourth-order valence-corrected chi connectivity index (χ4v) is 3.88. The van der Waals surface area contributed by atoms with Crippen molar-refractivity contribution in [1.29, 1.82) is 0 Å².